The van der Waals surface area contributed by atoms with Gasteiger partial charge in [-0.15, -0.1) is 35.3 Å². The monoisotopic (exact) mass is 462 g/mol. The highest BCUT2D eigenvalue weighted by atomic mass is 127. The van der Waals surface area contributed by atoms with Gasteiger partial charge in [-0.25, -0.2) is 4.99 Å². The van der Waals surface area contributed by atoms with Crippen LogP contribution in [0.4, 0.5) is 0 Å². The molecule has 8 heteroatoms. The number of carbonyl (C=O) groups is 1. The summed E-state index contributed by atoms with van der Waals surface area (Å²) in [5, 5.41) is 5.34. The molecule has 0 fully saturated rings. The van der Waals surface area contributed by atoms with Crippen molar-refractivity contribution in [2.75, 3.05) is 20.1 Å². The highest BCUT2D eigenvalue weighted by Crippen LogP contribution is 2.10. The predicted molar refractivity (Wildman–Crippen MR) is 108 cm³/mol. The topological polar surface area (TPSA) is 83.9 Å². The van der Waals surface area contributed by atoms with Crippen LogP contribution in [0.3, 0.4) is 0 Å². The molecule has 0 aliphatic rings. The summed E-state index contributed by atoms with van der Waals surface area (Å²) in [6.07, 6.45) is 0.977. The van der Waals surface area contributed by atoms with Crippen molar-refractivity contribution in [2.24, 2.45) is 10.7 Å². The van der Waals surface area contributed by atoms with Crippen LogP contribution in [0.15, 0.2) is 39.1 Å². The summed E-state index contributed by atoms with van der Waals surface area (Å²) >= 11 is 1.76. The molecule has 0 spiro atoms. The molecule has 0 aliphatic heterocycles. The fourth-order valence-electron chi connectivity index (χ4n) is 2.06. The normalized spacial score (nSPS) is 11.0. The summed E-state index contributed by atoms with van der Waals surface area (Å²) in [4.78, 5) is 19.0. The number of nitrogens with one attached hydrogen (secondary N) is 1. The lowest BCUT2D eigenvalue weighted by molar-refractivity contribution is 0.0972. The molecule has 0 unspecified atom stereocenters. The summed E-state index contributed by atoms with van der Waals surface area (Å²) in [5.41, 5.74) is 5.18. The van der Waals surface area contributed by atoms with Gasteiger partial charge in [0, 0.05) is 25.0 Å². The number of nitrogens with zero attached hydrogens (tertiary/aromatic N) is 2. The van der Waals surface area contributed by atoms with Gasteiger partial charge in [0.15, 0.2) is 11.7 Å². The molecule has 2 aromatic heterocycles. The molecule has 24 heavy (non-hydrogen) atoms. The molecule has 1 amide bonds. The fourth-order valence-corrected chi connectivity index (χ4v) is 2.75. The minimum Gasteiger partial charge on any atom is -0.454 e. The molecular formula is C16H23IN4O2S. The number of rotatable bonds is 7. The molecule has 0 saturated heterocycles. The van der Waals surface area contributed by atoms with Crippen LogP contribution in [0.25, 0.3) is 0 Å². The van der Waals surface area contributed by atoms with Gasteiger partial charge in [0.1, 0.15) is 12.3 Å². The molecular weight excluding hydrogens is 439 g/mol. The van der Waals surface area contributed by atoms with Gasteiger partial charge in [-0.05, 0) is 36.9 Å². The molecule has 2 heterocycles. The fraction of sp³-hybridized carbons (Fsp3) is 0.375. The van der Waals surface area contributed by atoms with E-state index >= 15 is 0 Å². The lowest BCUT2D eigenvalue weighted by atomic mass is 10.3. The van der Waals surface area contributed by atoms with Crippen LogP contribution in [0, 0.1) is 0 Å². The van der Waals surface area contributed by atoms with Gasteiger partial charge in [0.25, 0.3) is 5.91 Å². The van der Waals surface area contributed by atoms with E-state index in [0.29, 0.717) is 12.3 Å². The average Bonchev–Trinajstić information content (AvgIpc) is 3.20. The third-order valence-electron chi connectivity index (χ3n) is 3.26. The summed E-state index contributed by atoms with van der Waals surface area (Å²) < 4.78 is 5.35. The van der Waals surface area contributed by atoms with Gasteiger partial charge in [0.2, 0.25) is 0 Å². The Kier molecular flexibility index (Phi) is 8.83. The van der Waals surface area contributed by atoms with E-state index in [1.165, 1.54) is 4.88 Å². The van der Waals surface area contributed by atoms with Crippen molar-refractivity contribution in [1.82, 2.24) is 10.2 Å². The van der Waals surface area contributed by atoms with E-state index in [1.54, 1.807) is 23.5 Å². The van der Waals surface area contributed by atoms with Gasteiger partial charge in [-0.1, -0.05) is 6.07 Å². The molecule has 0 aromatic carbocycles. The number of carbonyl (C=O) groups excluding carboxylic acids is 1. The van der Waals surface area contributed by atoms with Crippen LogP contribution in [0.2, 0.25) is 0 Å². The van der Waals surface area contributed by atoms with Gasteiger partial charge in [0.05, 0.1) is 0 Å². The molecule has 0 aliphatic carbocycles. The van der Waals surface area contributed by atoms with Crippen LogP contribution in [0.5, 0.6) is 0 Å². The second-order valence-corrected chi connectivity index (χ2v) is 6.08. The number of aliphatic imine (C=N–C) groups is 1. The Morgan fingerprint density at radius 2 is 2.21 bits per heavy atom. The number of primary amides is 1. The molecule has 132 valence electrons. The van der Waals surface area contributed by atoms with Crippen molar-refractivity contribution >= 4 is 47.2 Å². The van der Waals surface area contributed by atoms with E-state index in [9.17, 15) is 4.79 Å². The highest BCUT2D eigenvalue weighted by Gasteiger charge is 2.09. The van der Waals surface area contributed by atoms with Gasteiger partial charge in [-0.2, -0.15) is 0 Å². The van der Waals surface area contributed by atoms with Crippen LogP contribution in [0.1, 0.15) is 28.1 Å². The molecule has 2 aromatic rings. The SMILES string of the molecule is CCNC(=NCc1ccc(C(N)=O)o1)N(C)CCc1cccs1.I. The minimum absolute atomic E-state index is 0. The van der Waals surface area contributed by atoms with Crippen molar-refractivity contribution in [2.45, 2.75) is 19.9 Å². The van der Waals surface area contributed by atoms with Crippen molar-refractivity contribution < 1.29 is 9.21 Å². The Labute approximate surface area is 163 Å². The average molecular weight is 462 g/mol. The van der Waals surface area contributed by atoms with Crippen molar-refractivity contribution in [3.63, 3.8) is 0 Å². The highest BCUT2D eigenvalue weighted by molar-refractivity contribution is 14.0. The lowest BCUT2D eigenvalue weighted by Crippen LogP contribution is -2.39. The third kappa shape index (κ3) is 6.16. The van der Waals surface area contributed by atoms with Crippen LogP contribution in [-0.2, 0) is 13.0 Å². The van der Waals surface area contributed by atoms with E-state index < -0.39 is 5.91 Å². The van der Waals surface area contributed by atoms with Crippen molar-refractivity contribution in [3.05, 3.63) is 46.0 Å². The van der Waals surface area contributed by atoms with E-state index in [4.69, 9.17) is 10.2 Å². The zero-order chi connectivity index (χ0) is 16.7. The Balaban J connectivity index is 0.00000288. The maximum Gasteiger partial charge on any atom is 0.284 e. The first-order chi connectivity index (χ1) is 11.1. The number of halogens is 1. The van der Waals surface area contributed by atoms with E-state index in [0.717, 1.165) is 25.5 Å². The van der Waals surface area contributed by atoms with Crippen LogP contribution in [-0.4, -0.2) is 36.9 Å². The van der Waals surface area contributed by atoms with E-state index in [2.05, 4.69) is 32.7 Å². The molecule has 0 radical (unpaired) electrons. The number of thiophene rings is 1. The summed E-state index contributed by atoms with van der Waals surface area (Å²) in [5.74, 6) is 1.01. The van der Waals surface area contributed by atoms with E-state index in [1.807, 2.05) is 14.0 Å². The first-order valence-electron chi connectivity index (χ1n) is 7.50. The zero-order valence-corrected chi connectivity index (χ0v) is 17.0. The first kappa shape index (κ1) is 20.5. The maximum absolute atomic E-state index is 11.0. The smallest absolute Gasteiger partial charge is 0.284 e. The van der Waals surface area contributed by atoms with E-state index in [-0.39, 0.29) is 29.7 Å². The second kappa shape index (κ2) is 10.3. The quantitative estimate of drug-likeness (QED) is 0.377. The molecule has 3 N–H and O–H groups in total. The number of hydrogen-bond donors (Lipinski definition) is 2. The Bertz CT molecular complexity index is 655. The minimum atomic E-state index is -0.569. The number of hydrogen-bond acceptors (Lipinski definition) is 4. The Morgan fingerprint density at radius 3 is 2.79 bits per heavy atom. The third-order valence-corrected chi connectivity index (χ3v) is 4.20. The standard InChI is InChI=1S/C16H22N4O2S.HI/c1-3-18-16(20(2)9-8-13-5-4-10-23-13)19-11-12-6-7-14(22-12)15(17)21;/h4-7,10H,3,8-9,11H2,1-2H3,(H2,17,21)(H,18,19);1H. The second-order valence-electron chi connectivity index (χ2n) is 5.05. The number of likely N-dealkylation sites (N-methyl/N-ethyl adjacent to an activating group) is 1. The number of guanidine groups is 1. The largest absolute Gasteiger partial charge is 0.454 e. The molecule has 0 saturated carbocycles. The number of furan rings is 1. The Hall–Kier alpha value is -1.55. The molecule has 6 nitrogen and oxygen atoms in total. The van der Waals surface area contributed by atoms with Crippen LogP contribution >= 0.6 is 35.3 Å². The van der Waals surface area contributed by atoms with Gasteiger partial charge < -0.3 is 20.4 Å². The number of amides is 1. The van der Waals surface area contributed by atoms with Gasteiger partial charge in [-0.3, -0.25) is 4.79 Å². The predicted octanol–water partition coefficient (Wildman–Crippen LogP) is 2.70. The van der Waals surface area contributed by atoms with Crippen molar-refractivity contribution in [1.29, 1.82) is 0 Å². The molecule has 0 bridgehead atoms. The summed E-state index contributed by atoms with van der Waals surface area (Å²) in [6.45, 7) is 4.05. The summed E-state index contributed by atoms with van der Waals surface area (Å²) in [6, 6.07) is 7.49. The zero-order valence-electron chi connectivity index (χ0n) is 13.8. The van der Waals surface area contributed by atoms with Crippen molar-refractivity contribution in [3.8, 4) is 0 Å². The molecule has 0 atom stereocenters. The number of nitrogens with two attached hydrogens (primary N) is 1. The van der Waals surface area contributed by atoms with Gasteiger partial charge >= 0.3 is 0 Å². The van der Waals surface area contributed by atoms with Crippen LogP contribution < -0.4 is 11.1 Å². The Morgan fingerprint density at radius 1 is 1.42 bits per heavy atom. The lowest BCUT2D eigenvalue weighted by Gasteiger charge is -2.21. The first-order valence-corrected chi connectivity index (χ1v) is 8.38. The molecule has 2 rings (SSSR count). The maximum atomic E-state index is 11.0. The summed E-state index contributed by atoms with van der Waals surface area (Å²) in [7, 11) is 2.01.